The second kappa shape index (κ2) is 7.54. The Balaban J connectivity index is 2.05. The highest BCUT2D eigenvalue weighted by atomic mass is 16.5. The summed E-state index contributed by atoms with van der Waals surface area (Å²) in [5.41, 5.74) is 7.36. The van der Waals surface area contributed by atoms with Gasteiger partial charge < -0.3 is 10.5 Å². The van der Waals surface area contributed by atoms with Gasteiger partial charge in [-0.25, -0.2) is 0 Å². The zero-order chi connectivity index (χ0) is 13.5. The Morgan fingerprint density at radius 2 is 1.84 bits per heavy atom. The summed E-state index contributed by atoms with van der Waals surface area (Å²) in [7, 11) is 1.75. The summed E-state index contributed by atoms with van der Waals surface area (Å²) in [5.74, 6) is 2.42. The molecule has 1 aromatic rings. The van der Waals surface area contributed by atoms with Crippen molar-refractivity contribution in [2.24, 2.45) is 17.6 Å². The van der Waals surface area contributed by atoms with E-state index in [1.54, 1.807) is 7.11 Å². The van der Waals surface area contributed by atoms with E-state index >= 15 is 0 Å². The highest BCUT2D eigenvalue weighted by Crippen LogP contribution is 2.32. The van der Waals surface area contributed by atoms with Crippen LogP contribution in [-0.2, 0) is 6.42 Å². The van der Waals surface area contributed by atoms with Crippen molar-refractivity contribution in [3.63, 3.8) is 0 Å². The molecule has 0 amide bonds. The maximum atomic E-state index is 6.05. The molecular formula is C17H27NO. The fraction of sp³-hybridized carbons (Fsp3) is 0.647. The first kappa shape index (κ1) is 14.4. The van der Waals surface area contributed by atoms with Crippen molar-refractivity contribution in [2.75, 3.05) is 13.7 Å². The van der Waals surface area contributed by atoms with Crippen molar-refractivity contribution in [1.82, 2.24) is 0 Å². The standard InChI is InChI=1S/C17H27NO/c1-19-17-11-7-6-10-15(17)12-16(13-18)14-8-4-2-3-5-9-14/h6-7,10-11,14,16H,2-5,8-9,12-13,18H2,1H3. The summed E-state index contributed by atoms with van der Waals surface area (Å²) in [4.78, 5) is 0. The summed E-state index contributed by atoms with van der Waals surface area (Å²) in [6, 6.07) is 8.36. The zero-order valence-corrected chi connectivity index (χ0v) is 12.1. The first-order valence-corrected chi connectivity index (χ1v) is 7.67. The van der Waals surface area contributed by atoms with E-state index in [4.69, 9.17) is 10.5 Å². The molecule has 106 valence electrons. The van der Waals surface area contributed by atoms with Crippen LogP contribution >= 0.6 is 0 Å². The van der Waals surface area contributed by atoms with E-state index in [1.165, 1.54) is 44.1 Å². The first-order chi connectivity index (χ1) is 9.35. The predicted octanol–water partition coefficient (Wildman–Crippen LogP) is 3.78. The molecule has 1 unspecified atom stereocenters. The lowest BCUT2D eigenvalue weighted by atomic mass is 9.82. The third-order valence-corrected chi connectivity index (χ3v) is 4.54. The molecule has 1 aliphatic rings. The zero-order valence-electron chi connectivity index (χ0n) is 12.1. The number of benzene rings is 1. The van der Waals surface area contributed by atoms with Crippen LogP contribution in [0, 0.1) is 11.8 Å². The van der Waals surface area contributed by atoms with Crippen LogP contribution in [-0.4, -0.2) is 13.7 Å². The van der Waals surface area contributed by atoms with Crippen LogP contribution in [0.2, 0.25) is 0 Å². The number of ether oxygens (including phenoxy) is 1. The van der Waals surface area contributed by atoms with Gasteiger partial charge in [-0.1, -0.05) is 56.7 Å². The molecular weight excluding hydrogens is 234 g/mol. The van der Waals surface area contributed by atoms with Crippen LogP contribution in [0.3, 0.4) is 0 Å². The molecule has 19 heavy (non-hydrogen) atoms. The van der Waals surface area contributed by atoms with Gasteiger partial charge in [-0.2, -0.15) is 0 Å². The number of para-hydroxylation sites is 1. The minimum atomic E-state index is 0.606. The molecule has 1 fully saturated rings. The van der Waals surface area contributed by atoms with Gasteiger partial charge in [0, 0.05) is 0 Å². The third kappa shape index (κ3) is 3.97. The maximum absolute atomic E-state index is 6.05. The van der Waals surface area contributed by atoms with E-state index in [-0.39, 0.29) is 0 Å². The quantitative estimate of drug-likeness (QED) is 0.819. The van der Waals surface area contributed by atoms with Crippen LogP contribution in [0.5, 0.6) is 5.75 Å². The van der Waals surface area contributed by atoms with Crippen LogP contribution < -0.4 is 10.5 Å². The molecule has 1 saturated carbocycles. The average Bonchev–Trinajstić information content (AvgIpc) is 2.74. The second-order valence-corrected chi connectivity index (χ2v) is 5.76. The summed E-state index contributed by atoms with van der Waals surface area (Å²) in [6.07, 6.45) is 9.35. The minimum absolute atomic E-state index is 0.606. The molecule has 2 heteroatoms. The molecule has 0 saturated heterocycles. The summed E-state index contributed by atoms with van der Waals surface area (Å²) >= 11 is 0. The summed E-state index contributed by atoms with van der Waals surface area (Å²) in [5, 5.41) is 0. The highest BCUT2D eigenvalue weighted by Gasteiger charge is 2.22. The number of rotatable bonds is 5. The SMILES string of the molecule is COc1ccccc1CC(CN)C1CCCCCC1. The third-order valence-electron chi connectivity index (χ3n) is 4.54. The smallest absolute Gasteiger partial charge is 0.122 e. The maximum Gasteiger partial charge on any atom is 0.122 e. The molecule has 0 aliphatic heterocycles. The van der Waals surface area contributed by atoms with E-state index in [1.807, 2.05) is 6.07 Å². The van der Waals surface area contributed by atoms with E-state index in [0.29, 0.717) is 5.92 Å². The summed E-state index contributed by atoms with van der Waals surface area (Å²) in [6.45, 7) is 0.794. The van der Waals surface area contributed by atoms with Gasteiger partial charge in [0.25, 0.3) is 0 Å². The Bertz CT molecular complexity index is 369. The molecule has 2 nitrogen and oxygen atoms in total. The van der Waals surface area contributed by atoms with Crippen LogP contribution in [0.15, 0.2) is 24.3 Å². The molecule has 0 heterocycles. The molecule has 0 spiro atoms. The minimum Gasteiger partial charge on any atom is -0.496 e. The monoisotopic (exact) mass is 261 g/mol. The van der Waals surface area contributed by atoms with Crippen molar-refractivity contribution < 1.29 is 4.74 Å². The molecule has 1 aliphatic carbocycles. The number of nitrogens with two attached hydrogens (primary N) is 1. The van der Waals surface area contributed by atoms with E-state index < -0.39 is 0 Å². The highest BCUT2D eigenvalue weighted by molar-refractivity contribution is 5.33. The van der Waals surface area contributed by atoms with Gasteiger partial charge in [0.2, 0.25) is 0 Å². The molecule has 0 radical (unpaired) electrons. The molecule has 2 rings (SSSR count). The van der Waals surface area contributed by atoms with Crippen LogP contribution in [0.25, 0.3) is 0 Å². The molecule has 0 aromatic heterocycles. The van der Waals surface area contributed by atoms with Gasteiger partial charge in [-0.05, 0) is 36.4 Å². The number of methoxy groups -OCH3 is 1. The van der Waals surface area contributed by atoms with Crippen molar-refractivity contribution in [2.45, 2.75) is 44.9 Å². The first-order valence-electron chi connectivity index (χ1n) is 7.67. The normalized spacial score (nSPS) is 18.8. The Labute approximate surface area is 117 Å². The largest absolute Gasteiger partial charge is 0.496 e. The topological polar surface area (TPSA) is 35.2 Å². The lowest BCUT2D eigenvalue weighted by molar-refractivity contribution is 0.298. The van der Waals surface area contributed by atoms with Crippen molar-refractivity contribution in [1.29, 1.82) is 0 Å². The van der Waals surface area contributed by atoms with Gasteiger partial charge in [0.05, 0.1) is 7.11 Å². The van der Waals surface area contributed by atoms with E-state index in [2.05, 4.69) is 18.2 Å². The van der Waals surface area contributed by atoms with Gasteiger partial charge in [-0.3, -0.25) is 0 Å². The van der Waals surface area contributed by atoms with Crippen LogP contribution in [0.1, 0.15) is 44.1 Å². The lowest BCUT2D eigenvalue weighted by Crippen LogP contribution is -2.25. The van der Waals surface area contributed by atoms with E-state index in [0.717, 1.165) is 24.6 Å². The van der Waals surface area contributed by atoms with E-state index in [9.17, 15) is 0 Å². The molecule has 1 atom stereocenters. The number of hydrogen-bond donors (Lipinski definition) is 1. The Morgan fingerprint density at radius 1 is 1.16 bits per heavy atom. The predicted molar refractivity (Wildman–Crippen MR) is 80.4 cm³/mol. The van der Waals surface area contributed by atoms with Crippen molar-refractivity contribution in [3.05, 3.63) is 29.8 Å². The van der Waals surface area contributed by atoms with Gasteiger partial charge in [0.15, 0.2) is 0 Å². The van der Waals surface area contributed by atoms with Crippen molar-refractivity contribution in [3.8, 4) is 5.75 Å². The Hall–Kier alpha value is -1.02. The second-order valence-electron chi connectivity index (χ2n) is 5.76. The summed E-state index contributed by atoms with van der Waals surface area (Å²) < 4.78 is 5.46. The fourth-order valence-electron chi connectivity index (χ4n) is 3.38. The molecule has 2 N–H and O–H groups in total. The fourth-order valence-corrected chi connectivity index (χ4v) is 3.38. The van der Waals surface area contributed by atoms with Gasteiger partial charge in [0.1, 0.15) is 5.75 Å². The average molecular weight is 261 g/mol. The van der Waals surface area contributed by atoms with Gasteiger partial charge >= 0.3 is 0 Å². The van der Waals surface area contributed by atoms with Gasteiger partial charge in [-0.15, -0.1) is 0 Å². The Morgan fingerprint density at radius 3 is 2.47 bits per heavy atom. The lowest BCUT2D eigenvalue weighted by Gasteiger charge is -2.25. The Kier molecular flexibility index (Phi) is 5.71. The molecule has 0 bridgehead atoms. The number of hydrogen-bond acceptors (Lipinski definition) is 2. The van der Waals surface area contributed by atoms with Crippen LogP contribution in [0.4, 0.5) is 0 Å². The van der Waals surface area contributed by atoms with Crippen molar-refractivity contribution >= 4 is 0 Å². The molecule has 1 aromatic carbocycles.